The SMILES string of the molecule is Cc1ccc(N)c(S(=O)(=O)Cc2cc(Br)ccc2F)c1. The Kier molecular flexibility index (Phi) is 4.15. The van der Waals surface area contributed by atoms with Crippen molar-refractivity contribution in [3.8, 4) is 0 Å². The van der Waals surface area contributed by atoms with E-state index in [-0.39, 0.29) is 16.1 Å². The average molecular weight is 358 g/mol. The molecule has 0 unspecified atom stereocenters. The molecule has 0 saturated heterocycles. The molecule has 0 aromatic heterocycles. The maximum absolute atomic E-state index is 13.7. The van der Waals surface area contributed by atoms with Crippen molar-refractivity contribution < 1.29 is 12.8 Å². The van der Waals surface area contributed by atoms with Crippen LogP contribution in [-0.2, 0) is 15.6 Å². The molecule has 0 spiro atoms. The zero-order valence-corrected chi connectivity index (χ0v) is 13.1. The van der Waals surface area contributed by atoms with Gasteiger partial charge in [-0.25, -0.2) is 12.8 Å². The van der Waals surface area contributed by atoms with Gasteiger partial charge in [-0.05, 0) is 42.8 Å². The monoisotopic (exact) mass is 357 g/mol. The number of sulfone groups is 1. The molecule has 0 heterocycles. The Balaban J connectivity index is 2.46. The summed E-state index contributed by atoms with van der Waals surface area (Å²) < 4.78 is 39.1. The molecule has 2 aromatic rings. The number of hydrogen-bond donors (Lipinski definition) is 1. The number of nitrogen functional groups attached to an aromatic ring is 1. The highest BCUT2D eigenvalue weighted by molar-refractivity contribution is 9.10. The van der Waals surface area contributed by atoms with Crippen LogP contribution in [0.3, 0.4) is 0 Å². The number of anilines is 1. The van der Waals surface area contributed by atoms with Gasteiger partial charge in [0.2, 0.25) is 0 Å². The topological polar surface area (TPSA) is 60.2 Å². The Labute approximate surface area is 125 Å². The molecule has 6 heteroatoms. The molecular weight excluding hydrogens is 345 g/mol. The van der Waals surface area contributed by atoms with Crippen LogP contribution in [0.1, 0.15) is 11.1 Å². The highest BCUT2D eigenvalue weighted by atomic mass is 79.9. The van der Waals surface area contributed by atoms with Crippen LogP contribution in [-0.4, -0.2) is 8.42 Å². The van der Waals surface area contributed by atoms with Crippen molar-refractivity contribution in [2.24, 2.45) is 0 Å². The van der Waals surface area contributed by atoms with Crippen LogP contribution >= 0.6 is 15.9 Å². The van der Waals surface area contributed by atoms with E-state index in [1.54, 1.807) is 19.1 Å². The van der Waals surface area contributed by atoms with E-state index in [9.17, 15) is 12.8 Å². The van der Waals surface area contributed by atoms with Crippen LogP contribution in [0.2, 0.25) is 0 Å². The highest BCUT2D eigenvalue weighted by Crippen LogP contribution is 2.25. The smallest absolute Gasteiger partial charge is 0.184 e. The molecule has 0 radical (unpaired) electrons. The van der Waals surface area contributed by atoms with E-state index in [4.69, 9.17) is 5.73 Å². The highest BCUT2D eigenvalue weighted by Gasteiger charge is 2.20. The molecular formula is C14H13BrFNO2S. The number of hydrogen-bond acceptors (Lipinski definition) is 3. The summed E-state index contributed by atoms with van der Waals surface area (Å²) in [5.74, 6) is -0.977. The minimum atomic E-state index is -3.69. The van der Waals surface area contributed by atoms with E-state index in [1.807, 2.05) is 0 Å². The molecule has 0 aliphatic heterocycles. The summed E-state index contributed by atoms with van der Waals surface area (Å²) in [4.78, 5) is 0.0388. The van der Waals surface area contributed by atoms with Gasteiger partial charge in [0, 0.05) is 10.0 Å². The Morgan fingerprint density at radius 1 is 1.20 bits per heavy atom. The van der Waals surface area contributed by atoms with Crippen molar-refractivity contribution in [3.05, 3.63) is 57.8 Å². The molecule has 2 N–H and O–H groups in total. The van der Waals surface area contributed by atoms with Gasteiger partial charge in [0.15, 0.2) is 9.84 Å². The van der Waals surface area contributed by atoms with Crippen molar-refractivity contribution in [1.29, 1.82) is 0 Å². The maximum Gasteiger partial charge on any atom is 0.184 e. The van der Waals surface area contributed by atoms with Gasteiger partial charge in [0.25, 0.3) is 0 Å². The standard InChI is InChI=1S/C14H13BrFNO2S/c1-9-2-5-13(17)14(6-9)20(18,19)8-10-7-11(15)3-4-12(10)16/h2-7H,8,17H2,1H3. The average Bonchev–Trinajstić information content (AvgIpc) is 2.36. The minimum Gasteiger partial charge on any atom is -0.398 e. The summed E-state index contributed by atoms with van der Waals surface area (Å²) >= 11 is 3.20. The Morgan fingerprint density at radius 3 is 2.60 bits per heavy atom. The van der Waals surface area contributed by atoms with Crippen LogP contribution in [0.4, 0.5) is 10.1 Å². The lowest BCUT2D eigenvalue weighted by molar-refractivity contribution is 0.587. The van der Waals surface area contributed by atoms with Gasteiger partial charge in [-0.2, -0.15) is 0 Å². The van der Waals surface area contributed by atoms with Crippen molar-refractivity contribution in [3.63, 3.8) is 0 Å². The largest absolute Gasteiger partial charge is 0.398 e. The Bertz CT molecular complexity index is 760. The summed E-state index contributed by atoms with van der Waals surface area (Å²) in [6, 6.07) is 8.98. The molecule has 0 bridgehead atoms. The minimum absolute atomic E-state index is 0.0388. The second kappa shape index (κ2) is 5.54. The van der Waals surface area contributed by atoms with Crippen molar-refractivity contribution >= 4 is 31.5 Å². The van der Waals surface area contributed by atoms with Gasteiger partial charge in [0.05, 0.1) is 16.3 Å². The molecule has 2 rings (SSSR count). The quantitative estimate of drug-likeness (QED) is 0.855. The maximum atomic E-state index is 13.7. The second-order valence-electron chi connectivity index (χ2n) is 4.54. The van der Waals surface area contributed by atoms with Gasteiger partial charge in [-0.1, -0.05) is 22.0 Å². The lowest BCUT2D eigenvalue weighted by atomic mass is 10.2. The Morgan fingerprint density at radius 2 is 1.90 bits per heavy atom. The van der Waals surface area contributed by atoms with E-state index in [2.05, 4.69) is 15.9 Å². The molecule has 20 heavy (non-hydrogen) atoms. The number of benzene rings is 2. The molecule has 2 aromatic carbocycles. The van der Waals surface area contributed by atoms with Gasteiger partial charge in [-0.15, -0.1) is 0 Å². The fourth-order valence-electron chi connectivity index (χ4n) is 1.85. The lowest BCUT2D eigenvalue weighted by Crippen LogP contribution is -2.09. The summed E-state index contributed by atoms with van der Waals surface area (Å²) in [5, 5.41) is 0. The van der Waals surface area contributed by atoms with Crippen LogP contribution in [0, 0.1) is 12.7 Å². The number of halogens is 2. The number of aryl methyl sites for hydroxylation is 1. The number of rotatable bonds is 3. The molecule has 3 nitrogen and oxygen atoms in total. The van der Waals surface area contributed by atoms with Gasteiger partial charge in [-0.3, -0.25) is 0 Å². The Hall–Kier alpha value is -1.40. The van der Waals surface area contributed by atoms with Crippen molar-refractivity contribution in [1.82, 2.24) is 0 Å². The van der Waals surface area contributed by atoms with Crippen LogP contribution < -0.4 is 5.73 Å². The first-order valence-corrected chi connectivity index (χ1v) is 8.27. The molecule has 0 amide bonds. The third-order valence-electron chi connectivity index (χ3n) is 2.86. The normalized spacial score (nSPS) is 11.6. The van der Waals surface area contributed by atoms with E-state index in [0.29, 0.717) is 4.47 Å². The molecule has 0 saturated carbocycles. The van der Waals surface area contributed by atoms with E-state index in [1.165, 1.54) is 24.3 Å². The van der Waals surface area contributed by atoms with Gasteiger partial charge >= 0.3 is 0 Å². The van der Waals surface area contributed by atoms with Crippen LogP contribution in [0.25, 0.3) is 0 Å². The van der Waals surface area contributed by atoms with Gasteiger partial charge < -0.3 is 5.73 Å². The van der Waals surface area contributed by atoms with E-state index < -0.39 is 21.4 Å². The second-order valence-corrected chi connectivity index (χ2v) is 7.41. The third-order valence-corrected chi connectivity index (χ3v) is 5.07. The van der Waals surface area contributed by atoms with E-state index >= 15 is 0 Å². The molecule has 0 atom stereocenters. The van der Waals surface area contributed by atoms with Crippen molar-refractivity contribution in [2.45, 2.75) is 17.6 Å². The predicted octanol–water partition coefficient (Wildman–Crippen LogP) is 3.45. The summed E-state index contributed by atoms with van der Waals surface area (Å²) in [6.45, 7) is 1.78. The summed E-state index contributed by atoms with van der Waals surface area (Å²) in [6.07, 6.45) is 0. The summed E-state index contributed by atoms with van der Waals surface area (Å²) in [7, 11) is -3.69. The fraction of sp³-hybridized carbons (Fsp3) is 0.143. The number of nitrogens with two attached hydrogens (primary N) is 1. The van der Waals surface area contributed by atoms with E-state index in [0.717, 1.165) is 5.56 Å². The lowest BCUT2D eigenvalue weighted by Gasteiger charge is -2.09. The summed E-state index contributed by atoms with van der Waals surface area (Å²) in [5.41, 5.74) is 6.78. The zero-order chi connectivity index (χ0) is 14.9. The molecule has 0 fully saturated rings. The fourth-order valence-corrected chi connectivity index (χ4v) is 3.83. The first-order chi connectivity index (χ1) is 9.29. The first kappa shape index (κ1) is 15.0. The van der Waals surface area contributed by atoms with Crippen LogP contribution in [0.15, 0.2) is 45.8 Å². The third kappa shape index (κ3) is 3.19. The van der Waals surface area contributed by atoms with Crippen LogP contribution in [0.5, 0.6) is 0 Å². The first-order valence-electron chi connectivity index (χ1n) is 5.82. The van der Waals surface area contributed by atoms with Gasteiger partial charge in [0.1, 0.15) is 5.82 Å². The van der Waals surface area contributed by atoms with Crippen molar-refractivity contribution in [2.75, 3.05) is 5.73 Å². The molecule has 0 aliphatic rings. The molecule has 0 aliphatic carbocycles. The zero-order valence-electron chi connectivity index (χ0n) is 10.7. The molecule has 106 valence electrons. The predicted molar refractivity (Wildman–Crippen MR) is 80.6 cm³/mol.